The molecule has 1 unspecified atom stereocenters. The van der Waals surface area contributed by atoms with Crippen LogP contribution in [0.4, 0.5) is 4.79 Å². The minimum atomic E-state index is -0.157. The number of hydrogen-bond acceptors (Lipinski definition) is 3. The molecule has 0 saturated carbocycles. The van der Waals surface area contributed by atoms with Gasteiger partial charge in [-0.05, 0) is 57.5 Å². The van der Waals surface area contributed by atoms with Crippen molar-refractivity contribution in [3.8, 4) is 0 Å². The van der Waals surface area contributed by atoms with Crippen LogP contribution in [-0.2, 0) is 4.79 Å². The zero-order valence-electron chi connectivity index (χ0n) is 15.2. The highest BCUT2D eigenvalue weighted by atomic mass is 16.2. The maximum Gasteiger partial charge on any atom is 0.314 e. The number of nitrogens with one attached hydrogen (secondary N) is 2. The number of piperidine rings is 1. The first-order chi connectivity index (χ1) is 11.6. The van der Waals surface area contributed by atoms with E-state index in [0.717, 1.165) is 51.2 Å². The molecular weight excluding hydrogens is 304 g/mol. The molecule has 0 aromatic rings. The maximum absolute atomic E-state index is 11.8. The third kappa shape index (κ3) is 7.07. The molecule has 2 aliphatic rings. The first kappa shape index (κ1) is 19.0. The van der Waals surface area contributed by atoms with Gasteiger partial charge in [-0.2, -0.15) is 0 Å². The van der Waals surface area contributed by atoms with Gasteiger partial charge in [0.05, 0.1) is 0 Å². The van der Waals surface area contributed by atoms with E-state index in [2.05, 4.69) is 22.5 Å². The molecule has 0 aromatic carbocycles. The SMILES string of the molecule is CC1CCCN(CCCCNC(=O)NCCC(=O)N2CCCC2)C1. The fraction of sp³-hybridized carbons (Fsp3) is 0.889. The predicted molar refractivity (Wildman–Crippen MR) is 95.9 cm³/mol. The standard InChI is InChI=1S/C18H34N4O2/c1-16-7-6-12-21(15-16)11-3-2-9-19-18(24)20-10-8-17(23)22-13-4-5-14-22/h16H,2-15H2,1H3,(H2,19,20,24). The molecule has 3 amide bonds. The maximum atomic E-state index is 11.8. The molecule has 0 aliphatic carbocycles. The van der Waals surface area contributed by atoms with Crippen molar-refractivity contribution in [1.29, 1.82) is 0 Å². The van der Waals surface area contributed by atoms with Crippen LogP contribution in [0, 0.1) is 5.92 Å². The third-order valence-corrected chi connectivity index (χ3v) is 5.01. The lowest BCUT2D eigenvalue weighted by Gasteiger charge is -2.30. The number of likely N-dealkylation sites (tertiary alicyclic amines) is 2. The second-order valence-electron chi connectivity index (χ2n) is 7.28. The van der Waals surface area contributed by atoms with Crippen molar-refractivity contribution in [2.75, 3.05) is 45.8 Å². The molecule has 1 atom stereocenters. The van der Waals surface area contributed by atoms with E-state index in [0.29, 0.717) is 19.5 Å². The molecule has 0 radical (unpaired) electrons. The summed E-state index contributed by atoms with van der Waals surface area (Å²) in [5.41, 5.74) is 0. The van der Waals surface area contributed by atoms with Crippen LogP contribution in [0.3, 0.4) is 0 Å². The van der Waals surface area contributed by atoms with E-state index >= 15 is 0 Å². The molecule has 2 fully saturated rings. The van der Waals surface area contributed by atoms with Crippen LogP contribution in [0.25, 0.3) is 0 Å². The summed E-state index contributed by atoms with van der Waals surface area (Å²) in [6.07, 6.45) is 7.43. The van der Waals surface area contributed by atoms with Crippen molar-refractivity contribution in [1.82, 2.24) is 20.4 Å². The van der Waals surface area contributed by atoms with Crippen LogP contribution in [0.5, 0.6) is 0 Å². The molecule has 24 heavy (non-hydrogen) atoms. The number of carbonyl (C=O) groups excluding carboxylic acids is 2. The Labute approximate surface area is 146 Å². The van der Waals surface area contributed by atoms with Crippen molar-refractivity contribution in [3.63, 3.8) is 0 Å². The van der Waals surface area contributed by atoms with Gasteiger partial charge in [-0.1, -0.05) is 6.92 Å². The van der Waals surface area contributed by atoms with E-state index < -0.39 is 0 Å². The summed E-state index contributed by atoms with van der Waals surface area (Å²) in [4.78, 5) is 28.0. The van der Waals surface area contributed by atoms with Gasteiger partial charge in [-0.25, -0.2) is 4.79 Å². The number of urea groups is 1. The van der Waals surface area contributed by atoms with Crippen LogP contribution in [-0.4, -0.2) is 67.6 Å². The molecular formula is C18H34N4O2. The summed E-state index contributed by atoms with van der Waals surface area (Å²) < 4.78 is 0. The van der Waals surface area contributed by atoms with Crippen molar-refractivity contribution in [2.24, 2.45) is 5.92 Å². The molecule has 138 valence electrons. The van der Waals surface area contributed by atoms with Crippen LogP contribution in [0.15, 0.2) is 0 Å². The van der Waals surface area contributed by atoms with Gasteiger partial charge >= 0.3 is 6.03 Å². The van der Waals surface area contributed by atoms with Gasteiger partial charge in [0.2, 0.25) is 5.91 Å². The number of unbranched alkanes of at least 4 members (excludes halogenated alkanes) is 1. The average molecular weight is 338 g/mol. The Morgan fingerprint density at radius 3 is 2.50 bits per heavy atom. The summed E-state index contributed by atoms with van der Waals surface area (Å²) in [5.74, 6) is 0.981. The lowest BCUT2D eigenvalue weighted by Crippen LogP contribution is -2.39. The Kier molecular flexibility index (Phi) is 8.36. The molecule has 6 heteroatoms. The highest BCUT2D eigenvalue weighted by Gasteiger charge is 2.17. The van der Waals surface area contributed by atoms with Gasteiger partial charge in [-0.3, -0.25) is 4.79 Å². The first-order valence-corrected chi connectivity index (χ1v) is 9.67. The minimum Gasteiger partial charge on any atom is -0.343 e. The summed E-state index contributed by atoms with van der Waals surface area (Å²) in [7, 11) is 0. The molecule has 6 nitrogen and oxygen atoms in total. The second-order valence-corrected chi connectivity index (χ2v) is 7.28. The Morgan fingerprint density at radius 1 is 1.00 bits per heavy atom. The van der Waals surface area contributed by atoms with Crippen LogP contribution < -0.4 is 10.6 Å². The van der Waals surface area contributed by atoms with Crippen molar-refractivity contribution in [3.05, 3.63) is 0 Å². The van der Waals surface area contributed by atoms with Gasteiger partial charge < -0.3 is 20.4 Å². The van der Waals surface area contributed by atoms with Gasteiger partial charge in [-0.15, -0.1) is 0 Å². The second kappa shape index (κ2) is 10.5. The van der Waals surface area contributed by atoms with E-state index in [9.17, 15) is 9.59 Å². The average Bonchev–Trinajstić information content (AvgIpc) is 3.09. The molecule has 0 aromatic heterocycles. The normalized spacial score (nSPS) is 21.7. The minimum absolute atomic E-state index is 0.156. The first-order valence-electron chi connectivity index (χ1n) is 9.67. The number of hydrogen-bond donors (Lipinski definition) is 2. The van der Waals surface area contributed by atoms with Crippen molar-refractivity contribution in [2.45, 2.75) is 51.9 Å². The van der Waals surface area contributed by atoms with Gasteiger partial charge in [0.1, 0.15) is 0 Å². The quantitative estimate of drug-likeness (QED) is 0.664. The lowest BCUT2D eigenvalue weighted by molar-refractivity contribution is -0.129. The third-order valence-electron chi connectivity index (χ3n) is 5.01. The molecule has 0 spiro atoms. The number of carbonyl (C=O) groups is 2. The molecule has 2 heterocycles. The van der Waals surface area contributed by atoms with Gasteiger partial charge in [0.15, 0.2) is 0 Å². The van der Waals surface area contributed by atoms with Gasteiger partial charge in [0.25, 0.3) is 0 Å². The molecule has 2 aliphatic heterocycles. The smallest absolute Gasteiger partial charge is 0.314 e. The number of rotatable bonds is 8. The Hall–Kier alpha value is -1.30. The number of amides is 3. The van der Waals surface area contributed by atoms with Crippen molar-refractivity contribution >= 4 is 11.9 Å². The van der Waals surface area contributed by atoms with Crippen LogP contribution in [0.2, 0.25) is 0 Å². The molecule has 2 N–H and O–H groups in total. The zero-order chi connectivity index (χ0) is 17.2. The molecule has 2 rings (SSSR count). The predicted octanol–water partition coefficient (Wildman–Crippen LogP) is 1.81. The van der Waals surface area contributed by atoms with E-state index in [4.69, 9.17) is 0 Å². The molecule has 2 saturated heterocycles. The summed E-state index contributed by atoms with van der Waals surface area (Å²) >= 11 is 0. The van der Waals surface area contributed by atoms with Crippen molar-refractivity contribution < 1.29 is 9.59 Å². The van der Waals surface area contributed by atoms with E-state index in [-0.39, 0.29) is 11.9 Å². The lowest BCUT2D eigenvalue weighted by atomic mass is 10.0. The van der Waals surface area contributed by atoms with Crippen LogP contribution in [0.1, 0.15) is 51.9 Å². The largest absolute Gasteiger partial charge is 0.343 e. The number of nitrogens with zero attached hydrogens (tertiary/aromatic N) is 2. The zero-order valence-corrected chi connectivity index (χ0v) is 15.2. The van der Waals surface area contributed by atoms with Gasteiger partial charge in [0, 0.05) is 39.1 Å². The Bertz CT molecular complexity index is 396. The monoisotopic (exact) mass is 338 g/mol. The molecule has 0 bridgehead atoms. The van der Waals surface area contributed by atoms with E-state index in [1.54, 1.807) is 0 Å². The summed E-state index contributed by atoms with van der Waals surface area (Å²) in [5, 5.41) is 5.65. The summed E-state index contributed by atoms with van der Waals surface area (Å²) in [6, 6.07) is -0.157. The highest BCUT2D eigenvalue weighted by molar-refractivity contribution is 5.78. The fourth-order valence-corrected chi connectivity index (χ4v) is 3.62. The fourth-order valence-electron chi connectivity index (χ4n) is 3.62. The van der Waals surface area contributed by atoms with E-state index in [1.807, 2.05) is 4.90 Å². The van der Waals surface area contributed by atoms with Crippen LogP contribution >= 0.6 is 0 Å². The summed E-state index contributed by atoms with van der Waals surface area (Å²) in [6.45, 7) is 8.79. The van der Waals surface area contributed by atoms with E-state index in [1.165, 1.54) is 25.9 Å². The highest BCUT2D eigenvalue weighted by Crippen LogP contribution is 2.15. The topological polar surface area (TPSA) is 64.7 Å². The Morgan fingerprint density at radius 2 is 1.75 bits per heavy atom. The Balaban J connectivity index is 1.42.